The normalized spacial score (nSPS) is 20.8. The molecule has 1 heterocycles. The lowest BCUT2D eigenvalue weighted by Crippen LogP contribution is -2.48. The number of piperidine rings is 1. The van der Waals surface area contributed by atoms with Crippen molar-refractivity contribution in [2.24, 2.45) is 5.92 Å². The Bertz CT molecular complexity index is 1000. The Hall–Kier alpha value is -3.15. The van der Waals surface area contributed by atoms with E-state index >= 15 is 0 Å². The number of anilines is 1. The van der Waals surface area contributed by atoms with E-state index in [2.05, 4.69) is 11.4 Å². The standard InChI is InChI=1S/C27H31FN2O3/c1-33-23-13-11-22(12-14-23)30-25(31)16-15-24(26(30)20-7-9-21(28)10-8-20)27(32)29-18-17-19-5-3-2-4-6-19/h5,7-14,24,26H,2-4,6,15-18H2,1H3,(H,29,32). The second kappa shape index (κ2) is 10.6. The van der Waals surface area contributed by atoms with Gasteiger partial charge in [0.25, 0.3) is 0 Å². The number of halogens is 1. The SMILES string of the molecule is COc1ccc(N2C(=O)CCC(C(=O)NCCC3=CCCCC3)C2c2ccc(F)cc2)cc1. The Morgan fingerprint density at radius 2 is 1.85 bits per heavy atom. The summed E-state index contributed by atoms with van der Waals surface area (Å²) in [5.74, 6) is -0.195. The molecule has 0 saturated carbocycles. The van der Waals surface area contributed by atoms with Gasteiger partial charge in [-0.3, -0.25) is 9.59 Å². The van der Waals surface area contributed by atoms with E-state index in [0.717, 1.165) is 24.8 Å². The summed E-state index contributed by atoms with van der Waals surface area (Å²) in [4.78, 5) is 28.1. The maximum atomic E-state index is 13.7. The summed E-state index contributed by atoms with van der Waals surface area (Å²) in [7, 11) is 1.59. The molecule has 1 aliphatic heterocycles. The van der Waals surface area contributed by atoms with Gasteiger partial charge in [-0.15, -0.1) is 0 Å². The minimum Gasteiger partial charge on any atom is -0.497 e. The molecule has 2 unspecified atom stereocenters. The van der Waals surface area contributed by atoms with Crippen LogP contribution in [0.3, 0.4) is 0 Å². The van der Waals surface area contributed by atoms with Gasteiger partial charge in [0, 0.05) is 18.7 Å². The van der Waals surface area contributed by atoms with E-state index in [4.69, 9.17) is 4.74 Å². The van der Waals surface area contributed by atoms with Crippen molar-refractivity contribution in [1.82, 2.24) is 5.32 Å². The van der Waals surface area contributed by atoms with Gasteiger partial charge < -0.3 is 15.0 Å². The molecule has 1 aliphatic carbocycles. The molecule has 33 heavy (non-hydrogen) atoms. The van der Waals surface area contributed by atoms with Gasteiger partial charge in [-0.1, -0.05) is 23.8 Å². The molecule has 2 aromatic rings. The molecule has 1 saturated heterocycles. The van der Waals surface area contributed by atoms with E-state index in [-0.39, 0.29) is 24.1 Å². The molecule has 174 valence electrons. The number of hydrogen-bond donors (Lipinski definition) is 1. The number of rotatable bonds is 7. The fourth-order valence-electron chi connectivity index (χ4n) is 4.86. The first kappa shape index (κ1) is 23.0. The van der Waals surface area contributed by atoms with Crippen molar-refractivity contribution in [1.29, 1.82) is 0 Å². The summed E-state index contributed by atoms with van der Waals surface area (Å²) in [5, 5.41) is 3.10. The third kappa shape index (κ3) is 5.44. The quantitative estimate of drug-likeness (QED) is 0.581. The summed E-state index contributed by atoms with van der Waals surface area (Å²) >= 11 is 0. The van der Waals surface area contributed by atoms with Crippen LogP contribution in [0.1, 0.15) is 56.6 Å². The summed E-state index contributed by atoms with van der Waals surface area (Å²) in [5.41, 5.74) is 2.85. The first-order chi connectivity index (χ1) is 16.1. The van der Waals surface area contributed by atoms with Crippen LogP contribution < -0.4 is 15.0 Å². The third-order valence-corrected chi connectivity index (χ3v) is 6.63. The number of ether oxygens (including phenoxy) is 1. The van der Waals surface area contributed by atoms with Gasteiger partial charge >= 0.3 is 0 Å². The molecule has 1 fully saturated rings. The molecule has 2 amide bonds. The number of allylic oxidation sites excluding steroid dienone is 1. The number of amides is 2. The molecule has 2 atom stereocenters. The molecular weight excluding hydrogens is 419 g/mol. The Morgan fingerprint density at radius 1 is 1.09 bits per heavy atom. The van der Waals surface area contributed by atoms with Crippen LogP contribution in [0, 0.1) is 11.7 Å². The molecule has 2 aliphatic rings. The van der Waals surface area contributed by atoms with Crippen LogP contribution >= 0.6 is 0 Å². The van der Waals surface area contributed by atoms with E-state index in [1.54, 1.807) is 36.3 Å². The number of carbonyl (C=O) groups excluding carboxylic acids is 2. The summed E-state index contributed by atoms with van der Waals surface area (Å²) in [6.45, 7) is 0.591. The van der Waals surface area contributed by atoms with Gasteiger partial charge in [-0.05, 0) is 80.5 Å². The average Bonchev–Trinajstić information content (AvgIpc) is 2.85. The summed E-state index contributed by atoms with van der Waals surface area (Å²) in [6.07, 6.45) is 8.59. The van der Waals surface area contributed by atoms with Crippen molar-refractivity contribution < 1.29 is 18.7 Å². The minimum atomic E-state index is -0.505. The van der Waals surface area contributed by atoms with Crippen molar-refractivity contribution in [3.8, 4) is 5.75 Å². The molecule has 5 nitrogen and oxygen atoms in total. The van der Waals surface area contributed by atoms with Gasteiger partial charge in [0.15, 0.2) is 0 Å². The van der Waals surface area contributed by atoms with E-state index in [0.29, 0.717) is 24.4 Å². The minimum absolute atomic E-state index is 0.0501. The highest BCUT2D eigenvalue weighted by molar-refractivity contribution is 5.97. The average molecular weight is 451 g/mol. The van der Waals surface area contributed by atoms with Crippen molar-refractivity contribution in [2.45, 2.75) is 51.0 Å². The maximum absolute atomic E-state index is 13.7. The highest BCUT2D eigenvalue weighted by Crippen LogP contribution is 2.40. The van der Waals surface area contributed by atoms with Gasteiger partial charge in [-0.25, -0.2) is 4.39 Å². The zero-order valence-electron chi connectivity index (χ0n) is 19.1. The smallest absolute Gasteiger partial charge is 0.227 e. The maximum Gasteiger partial charge on any atom is 0.227 e. The Labute approximate surface area is 194 Å². The van der Waals surface area contributed by atoms with E-state index in [1.807, 2.05) is 12.1 Å². The summed E-state index contributed by atoms with van der Waals surface area (Å²) < 4.78 is 18.9. The largest absolute Gasteiger partial charge is 0.497 e. The van der Waals surface area contributed by atoms with Gasteiger partial charge in [0.2, 0.25) is 11.8 Å². The number of methoxy groups -OCH3 is 1. The Kier molecular flexibility index (Phi) is 7.43. The van der Waals surface area contributed by atoms with Crippen molar-refractivity contribution in [3.05, 3.63) is 71.6 Å². The fourth-order valence-corrected chi connectivity index (χ4v) is 4.86. The van der Waals surface area contributed by atoms with Crippen molar-refractivity contribution in [3.63, 3.8) is 0 Å². The topological polar surface area (TPSA) is 58.6 Å². The number of nitrogens with zero attached hydrogens (tertiary/aromatic N) is 1. The van der Waals surface area contributed by atoms with Crippen LogP contribution in [0.2, 0.25) is 0 Å². The highest BCUT2D eigenvalue weighted by Gasteiger charge is 2.41. The number of hydrogen-bond acceptors (Lipinski definition) is 3. The zero-order valence-corrected chi connectivity index (χ0v) is 19.1. The Morgan fingerprint density at radius 3 is 2.52 bits per heavy atom. The predicted octanol–water partition coefficient (Wildman–Crippen LogP) is 5.33. The second-order valence-electron chi connectivity index (χ2n) is 8.75. The van der Waals surface area contributed by atoms with Crippen LogP contribution in [-0.2, 0) is 9.59 Å². The molecule has 1 N–H and O–H groups in total. The Balaban J connectivity index is 1.58. The lowest BCUT2D eigenvalue weighted by Gasteiger charge is -2.41. The van der Waals surface area contributed by atoms with Crippen LogP contribution in [0.15, 0.2) is 60.2 Å². The zero-order chi connectivity index (χ0) is 23.2. The summed E-state index contributed by atoms with van der Waals surface area (Å²) in [6, 6.07) is 12.8. The monoisotopic (exact) mass is 450 g/mol. The second-order valence-corrected chi connectivity index (χ2v) is 8.75. The first-order valence-electron chi connectivity index (χ1n) is 11.7. The molecular formula is C27H31FN2O3. The lowest BCUT2D eigenvalue weighted by molar-refractivity contribution is -0.129. The lowest BCUT2D eigenvalue weighted by atomic mass is 9.83. The molecule has 0 radical (unpaired) electrons. The van der Waals surface area contributed by atoms with Crippen LogP contribution in [0.5, 0.6) is 5.75 Å². The first-order valence-corrected chi connectivity index (χ1v) is 11.7. The van der Waals surface area contributed by atoms with Crippen LogP contribution in [0.25, 0.3) is 0 Å². The van der Waals surface area contributed by atoms with Gasteiger partial charge in [0.05, 0.1) is 19.1 Å². The van der Waals surface area contributed by atoms with Crippen LogP contribution in [0.4, 0.5) is 10.1 Å². The number of carbonyl (C=O) groups is 2. The fraction of sp³-hybridized carbons (Fsp3) is 0.407. The van der Waals surface area contributed by atoms with Gasteiger partial charge in [0.1, 0.15) is 11.6 Å². The van der Waals surface area contributed by atoms with Gasteiger partial charge in [-0.2, -0.15) is 0 Å². The molecule has 6 heteroatoms. The van der Waals surface area contributed by atoms with E-state index in [1.165, 1.54) is 30.5 Å². The predicted molar refractivity (Wildman–Crippen MR) is 127 cm³/mol. The van der Waals surface area contributed by atoms with Crippen LogP contribution in [-0.4, -0.2) is 25.5 Å². The molecule has 0 aromatic heterocycles. The number of nitrogens with one attached hydrogen (secondary N) is 1. The van der Waals surface area contributed by atoms with Crippen molar-refractivity contribution >= 4 is 17.5 Å². The van der Waals surface area contributed by atoms with Crippen molar-refractivity contribution in [2.75, 3.05) is 18.6 Å². The number of benzene rings is 2. The van der Waals surface area contributed by atoms with E-state index < -0.39 is 12.0 Å². The molecule has 0 bridgehead atoms. The van der Waals surface area contributed by atoms with E-state index in [9.17, 15) is 14.0 Å². The molecule has 2 aromatic carbocycles. The molecule has 0 spiro atoms. The molecule has 4 rings (SSSR count). The third-order valence-electron chi connectivity index (χ3n) is 6.63. The highest BCUT2D eigenvalue weighted by atomic mass is 19.1.